The molecule has 1 aromatic rings. The molecule has 2 heterocycles. The molecule has 0 aliphatic carbocycles. The van der Waals surface area contributed by atoms with Crippen LogP contribution >= 0.6 is 0 Å². The quantitative estimate of drug-likeness (QED) is 0.828. The maximum atomic E-state index is 11.9. The summed E-state index contributed by atoms with van der Waals surface area (Å²) in [6, 6.07) is -0.314. The number of likely N-dealkylation sites (tertiary alicyclic amines) is 1. The molecule has 1 unspecified atom stereocenters. The van der Waals surface area contributed by atoms with Gasteiger partial charge in [0.25, 0.3) is 0 Å². The molecule has 1 amide bonds. The summed E-state index contributed by atoms with van der Waals surface area (Å²) in [5.41, 5.74) is 7.99. The molecular weight excluding hydrogens is 216 g/mol. The third kappa shape index (κ3) is 2.49. The summed E-state index contributed by atoms with van der Waals surface area (Å²) in [4.78, 5) is 13.8. The van der Waals surface area contributed by atoms with Gasteiger partial charge in [-0.2, -0.15) is 5.10 Å². The number of aryl methyl sites for hydroxylation is 2. The van der Waals surface area contributed by atoms with Gasteiger partial charge in [0.2, 0.25) is 5.91 Å². The highest BCUT2D eigenvalue weighted by atomic mass is 16.2. The average Bonchev–Trinajstić information content (AvgIpc) is 2.65. The Balaban J connectivity index is 2.11. The number of aromatic nitrogens is 2. The van der Waals surface area contributed by atoms with Gasteiger partial charge < -0.3 is 10.6 Å². The number of hydrogen-bond donors (Lipinski definition) is 1. The highest BCUT2D eigenvalue weighted by Crippen LogP contribution is 2.16. The van der Waals surface area contributed by atoms with Gasteiger partial charge in [0.1, 0.15) is 0 Å². The number of amides is 1. The van der Waals surface area contributed by atoms with Crippen molar-refractivity contribution in [1.82, 2.24) is 14.7 Å². The van der Waals surface area contributed by atoms with E-state index >= 15 is 0 Å². The fraction of sp³-hybridized carbons (Fsp3) is 0.667. The van der Waals surface area contributed by atoms with Crippen molar-refractivity contribution in [2.24, 2.45) is 12.8 Å². The van der Waals surface area contributed by atoms with Crippen LogP contribution in [0.5, 0.6) is 0 Å². The monoisotopic (exact) mass is 236 g/mol. The van der Waals surface area contributed by atoms with E-state index < -0.39 is 0 Å². The second-order valence-corrected chi connectivity index (χ2v) is 4.64. The lowest BCUT2D eigenvalue weighted by atomic mass is 10.0. The summed E-state index contributed by atoms with van der Waals surface area (Å²) in [5.74, 6) is 0.0714. The van der Waals surface area contributed by atoms with Gasteiger partial charge in [-0.1, -0.05) is 6.92 Å². The number of nitrogens with zero attached hydrogens (tertiary/aromatic N) is 3. The molecule has 0 spiro atoms. The van der Waals surface area contributed by atoms with Gasteiger partial charge in [-0.25, -0.2) is 0 Å². The largest absolute Gasteiger partial charge is 0.337 e. The normalized spacial score (nSPS) is 21.0. The van der Waals surface area contributed by atoms with Crippen molar-refractivity contribution < 1.29 is 4.79 Å². The van der Waals surface area contributed by atoms with E-state index in [2.05, 4.69) is 12.0 Å². The molecule has 0 saturated carbocycles. The van der Waals surface area contributed by atoms with Gasteiger partial charge in [-0.05, 0) is 19.3 Å². The van der Waals surface area contributed by atoms with Crippen LogP contribution in [0.3, 0.4) is 0 Å². The zero-order chi connectivity index (χ0) is 12.4. The molecule has 0 bridgehead atoms. The molecule has 0 radical (unpaired) electrons. The zero-order valence-corrected chi connectivity index (χ0v) is 10.5. The molecule has 2 rings (SSSR count). The van der Waals surface area contributed by atoms with Crippen LogP contribution in [0.4, 0.5) is 0 Å². The predicted octanol–water partition coefficient (Wildman–Crippen LogP) is 0.432. The summed E-state index contributed by atoms with van der Waals surface area (Å²) >= 11 is 0. The summed E-state index contributed by atoms with van der Waals surface area (Å²) in [7, 11) is 1.91. The second-order valence-electron chi connectivity index (χ2n) is 4.64. The summed E-state index contributed by atoms with van der Waals surface area (Å²) in [6.45, 7) is 3.53. The molecule has 1 aromatic heterocycles. The Kier molecular flexibility index (Phi) is 3.47. The maximum Gasteiger partial charge on any atom is 0.239 e. The van der Waals surface area contributed by atoms with Crippen molar-refractivity contribution in [3.63, 3.8) is 0 Å². The van der Waals surface area contributed by atoms with Crippen LogP contribution in [0.1, 0.15) is 31.0 Å². The van der Waals surface area contributed by atoms with Gasteiger partial charge in [0.15, 0.2) is 0 Å². The van der Waals surface area contributed by atoms with Crippen molar-refractivity contribution in [3.8, 4) is 0 Å². The zero-order valence-electron chi connectivity index (χ0n) is 10.5. The third-order valence-electron chi connectivity index (χ3n) is 3.26. The molecule has 17 heavy (non-hydrogen) atoms. The van der Waals surface area contributed by atoms with Gasteiger partial charge in [0.05, 0.1) is 11.7 Å². The summed E-state index contributed by atoms with van der Waals surface area (Å²) in [5, 5.41) is 4.39. The standard InChI is InChI=1S/C12H20N4O/c1-3-11-9(7-15(2)14-11)8-16-6-4-5-10(13)12(16)17/h7,10H,3-6,8,13H2,1-2H3. The fourth-order valence-electron chi connectivity index (χ4n) is 2.35. The van der Waals surface area contributed by atoms with Crippen molar-refractivity contribution >= 4 is 5.91 Å². The number of carbonyl (C=O) groups is 1. The van der Waals surface area contributed by atoms with E-state index in [4.69, 9.17) is 5.73 Å². The van der Waals surface area contributed by atoms with Crippen LogP contribution in [0.25, 0.3) is 0 Å². The number of hydrogen-bond acceptors (Lipinski definition) is 3. The lowest BCUT2D eigenvalue weighted by Gasteiger charge is -2.30. The summed E-state index contributed by atoms with van der Waals surface area (Å²) < 4.78 is 1.81. The van der Waals surface area contributed by atoms with Crippen molar-refractivity contribution in [1.29, 1.82) is 0 Å². The predicted molar refractivity (Wildman–Crippen MR) is 65.2 cm³/mol. The number of nitrogens with two attached hydrogens (primary N) is 1. The minimum absolute atomic E-state index is 0.0714. The highest BCUT2D eigenvalue weighted by Gasteiger charge is 2.26. The molecule has 0 aromatic carbocycles. The number of piperidine rings is 1. The Morgan fingerprint density at radius 2 is 2.35 bits per heavy atom. The molecule has 94 valence electrons. The van der Waals surface area contributed by atoms with E-state index in [1.54, 1.807) is 0 Å². The van der Waals surface area contributed by atoms with Crippen molar-refractivity contribution in [2.75, 3.05) is 6.54 Å². The summed E-state index contributed by atoms with van der Waals surface area (Å²) in [6.07, 6.45) is 4.69. The van der Waals surface area contributed by atoms with Gasteiger partial charge in [0, 0.05) is 31.9 Å². The maximum absolute atomic E-state index is 11.9. The Hall–Kier alpha value is -1.36. The molecular formula is C12H20N4O. The highest BCUT2D eigenvalue weighted by molar-refractivity contribution is 5.82. The van der Waals surface area contributed by atoms with Crippen LogP contribution in [0, 0.1) is 0 Å². The first-order chi connectivity index (χ1) is 8.11. The van der Waals surface area contributed by atoms with Crippen LogP contribution in [0.15, 0.2) is 6.20 Å². The van der Waals surface area contributed by atoms with E-state index in [1.807, 2.05) is 22.8 Å². The van der Waals surface area contributed by atoms with E-state index in [0.717, 1.165) is 37.1 Å². The SMILES string of the molecule is CCc1nn(C)cc1CN1CCCC(N)C1=O. The minimum atomic E-state index is -0.314. The van der Waals surface area contributed by atoms with E-state index in [0.29, 0.717) is 6.54 Å². The fourth-order valence-corrected chi connectivity index (χ4v) is 2.35. The van der Waals surface area contributed by atoms with Crippen molar-refractivity contribution in [2.45, 2.75) is 38.8 Å². The Labute approximate surface area is 102 Å². The van der Waals surface area contributed by atoms with Gasteiger partial charge >= 0.3 is 0 Å². The molecule has 1 saturated heterocycles. The molecule has 2 N–H and O–H groups in total. The van der Waals surface area contributed by atoms with Gasteiger partial charge in [-0.3, -0.25) is 9.48 Å². The van der Waals surface area contributed by atoms with Crippen LogP contribution in [0.2, 0.25) is 0 Å². The second kappa shape index (κ2) is 4.87. The van der Waals surface area contributed by atoms with E-state index in [-0.39, 0.29) is 11.9 Å². The Bertz CT molecular complexity index is 413. The van der Waals surface area contributed by atoms with Crippen LogP contribution < -0.4 is 5.73 Å². The van der Waals surface area contributed by atoms with Crippen LogP contribution in [-0.4, -0.2) is 33.2 Å². The first-order valence-corrected chi connectivity index (χ1v) is 6.17. The molecule has 1 aliphatic rings. The average molecular weight is 236 g/mol. The number of carbonyl (C=O) groups excluding carboxylic acids is 1. The van der Waals surface area contributed by atoms with Crippen molar-refractivity contribution in [3.05, 3.63) is 17.5 Å². The van der Waals surface area contributed by atoms with E-state index in [9.17, 15) is 4.79 Å². The first kappa shape index (κ1) is 12.1. The smallest absolute Gasteiger partial charge is 0.239 e. The van der Waals surface area contributed by atoms with Gasteiger partial charge in [-0.15, -0.1) is 0 Å². The number of rotatable bonds is 3. The molecule has 1 atom stereocenters. The molecule has 5 nitrogen and oxygen atoms in total. The minimum Gasteiger partial charge on any atom is -0.337 e. The molecule has 1 fully saturated rings. The first-order valence-electron chi connectivity index (χ1n) is 6.17. The lowest BCUT2D eigenvalue weighted by Crippen LogP contribution is -2.47. The van der Waals surface area contributed by atoms with Crippen LogP contribution in [-0.2, 0) is 24.8 Å². The Morgan fingerprint density at radius 1 is 1.59 bits per heavy atom. The molecule has 1 aliphatic heterocycles. The van der Waals surface area contributed by atoms with E-state index in [1.165, 1.54) is 0 Å². The Morgan fingerprint density at radius 3 is 3.06 bits per heavy atom. The lowest BCUT2D eigenvalue weighted by molar-refractivity contribution is -0.135. The molecule has 5 heteroatoms. The topological polar surface area (TPSA) is 64.2 Å². The third-order valence-corrected chi connectivity index (χ3v) is 3.26.